The molecule has 1 aliphatic carbocycles. The number of rotatable bonds is 6. The first kappa shape index (κ1) is 14.8. The highest BCUT2D eigenvalue weighted by Crippen LogP contribution is 2.32. The van der Waals surface area contributed by atoms with Crippen LogP contribution in [0.25, 0.3) is 6.08 Å². The van der Waals surface area contributed by atoms with Crippen LogP contribution < -0.4 is 5.32 Å². The van der Waals surface area contributed by atoms with Gasteiger partial charge in [0.1, 0.15) is 0 Å². The zero-order valence-corrected chi connectivity index (χ0v) is 12.5. The summed E-state index contributed by atoms with van der Waals surface area (Å²) < 4.78 is 4.90. The van der Waals surface area contributed by atoms with Gasteiger partial charge in [-0.05, 0) is 50.8 Å². The summed E-state index contributed by atoms with van der Waals surface area (Å²) >= 11 is 1.60. The Bertz CT molecular complexity index is 517. The quantitative estimate of drug-likeness (QED) is 0.648. The van der Waals surface area contributed by atoms with Gasteiger partial charge >= 0.3 is 5.97 Å². The maximum Gasteiger partial charge on any atom is 0.331 e. The van der Waals surface area contributed by atoms with E-state index in [9.17, 15) is 9.59 Å². The van der Waals surface area contributed by atoms with Gasteiger partial charge in [0.2, 0.25) is 0 Å². The number of carbonyl (C=O) groups is 2. The van der Waals surface area contributed by atoms with E-state index < -0.39 is 5.97 Å². The van der Waals surface area contributed by atoms with E-state index in [1.807, 2.05) is 26.0 Å². The van der Waals surface area contributed by atoms with Crippen molar-refractivity contribution >= 4 is 29.3 Å². The van der Waals surface area contributed by atoms with Gasteiger partial charge in [0.05, 0.1) is 0 Å². The average molecular weight is 293 g/mol. The predicted molar refractivity (Wildman–Crippen MR) is 79.4 cm³/mol. The van der Waals surface area contributed by atoms with Crippen LogP contribution in [0.4, 0.5) is 0 Å². The Kier molecular flexibility index (Phi) is 4.95. The molecule has 0 bridgehead atoms. The first-order chi connectivity index (χ1) is 9.54. The van der Waals surface area contributed by atoms with Crippen LogP contribution in [0.3, 0.4) is 0 Å². The smallest absolute Gasteiger partial charge is 0.331 e. The molecule has 108 valence electrons. The van der Waals surface area contributed by atoms with Crippen molar-refractivity contribution in [3.05, 3.63) is 28.0 Å². The fourth-order valence-corrected chi connectivity index (χ4v) is 2.67. The van der Waals surface area contributed by atoms with Gasteiger partial charge in [0.15, 0.2) is 6.61 Å². The molecule has 1 atom stereocenters. The normalized spacial score (nSPS) is 16.1. The van der Waals surface area contributed by atoms with Crippen LogP contribution in [0, 0.1) is 12.8 Å². The van der Waals surface area contributed by atoms with E-state index in [1.165, 1.54) is 23.8 Å². The summed E-state index contributed by atoms with van der Waals surface area (Å²) in [6, 6.07) is 4.10. The predicted octanol–water partition coefficient (Wildman–Crippen LogP) is 2.53. The SMILES string of the molecule is Cc1ccc(/C=C/C(=O)OCC(=O)N[C@@H](C)C2CC2)s1. The van der Waals surface area contributed by atoms with Crippen LogP contribution in [-0.4, -0.2) is 24.5 Å². The third-order valence-electron chi connectivity index (χ3n) is 3.21. The average Bonchev–Trinajstić information content (AvgIpc) is 3.17. The summed E-state index contributed by atoms with van der Waals surface area (Å²) in [6.07, 6.45) is 5.39. The molecule has 1 aromatic rings. The second kappa shape index (κ2) is 6.70. The molecule has 0 radical (unpaired) electrons. The second-order valence-electron chi connectivity index (χ2n) is 5.08. The number of hydrogen-bond acceptors (Lipinski definition) is 4. The number of aryl methyl sites for hydroxylation is 1. The number of esters is 1. The first-order valence-corrected chi connectivity index (χ1v) is 7.57. The minimum atomic E-state index is -0.495. The molecule has 0 spiro atoms. The standard InChI is InChI=1S/C15H19NO3S/c1-10-3-6-13(20-10)7-8-15(18)19-9-14(17)16-11(2)12-4-5-12/h3,6-8,11-12H,4-5,9H2,1-2H3,(H,16,17)/b8-7+/t11-/m0/s1. The summed E-state index contributed by atoms with van der Waals surface area (Å²) in [7, 11) is 0. The fourth-order valence-electron chi connectivity index (χ4n) is 1.89. The highest BCUT2D eigenvalue weighted by Gasteiger charge is 2.28. The largest absolute Gasteiger partial charge is 0.452 e. The Labute approximate surface area is 122 Å². The Morgan fingerprint density at radius 3 is 2.85 bits per heavy atom. The van der Waals surface area contributed by atoms with E-state index in [-0.39, 0.29) is 18.6 Å². The van der Waals surface area contributed by atoms with Crippen molar-refractivity contribution in [3.63, 3.8) is 0 Å². The molecular formula is C15H19NO3S. The summed E-state index contributed by atoms with van der Waals surface area (Å²) in [4.78, 5) is 25.2. The number of nitrogens with one attached hydrogen (secondary N) is 1. The number of amides is 1. The molecule has 1 amide bonds. The fraction of sp³-hybridized carbons (Fsp3) is 0.467. The van der Waals surface area contributed by atoms with Gasteiger partial charge in [-0.15, -0.1) is 11.3 Å². The van der Waals surface area contributed by atoms with Crippen LogP contribution in [0.15, 0.2) is 18.2 Å². The van der Waals surface area contributed by atoms with E-state index in [2.05, 4.69) is 5.32 Å². The highest BCUT2D eigenvalue weighted by atomic mass is 32.1. The third kappa shape index (κ3) is 4.81. The Morgan fingerprint density at radius 1 is 1.50 bits per heavy atom. The molecule has 0 saturated heterocycles. The lowest BCUT2D eigenvalue weighted by Gasteiger charge is -2.12. The van der Waals surface area contributed by atoms with Crippen LogP contribution >= 0.6 is 11.3 Å². The van der Waals surface area contributed by atoms with Gasteiger partial charge in [0.25, 0.3) is 5.91 Å². The van der Waals surface area contributed by atoms with Crippen LogP contribution in [0.2, 0.25) is 0 Å². The van der Waals surface area contributed by atoms with Crippen LogP contribution in [-0.2, 0) is 14.3 Å². The molecule has 1 saturated carbocycles. The minimum Gasteiger partial charge on any atom is -0.452 e. The van der Waals surface area contributed by atoms with Gasteiger partial charge < -0.3 is 10.1 Å². The molecule has 5 heteroatoms. The summed E-state index contributed by atoms with van der Waals surface area (Å²) in [5.41, 5.74) is 0. The second-order valence-corrected chi connectivity index (χ2v) is 6.40. The molecule has 0 unspecified atom stereocenters. The maximum absolute atomic E-state index is 11.6. The van der Waals surface area contributed by atoms with Crippen LogP contribution in [0.5, 0.6) is 0 Å². The van der Waals surface area contributed by atoms with E-state index in [4.69, 9.17) is 4.74 Å². The molecule has 1 N–H and O–H groups in total. The molecule has 20 heavy (non-hydrogen) atoms. The van der Waals surface area contributed by atoms with Gasteiger partial charge in [0, 0.05) is 21.9 Å². The summed E-state index contributed by atoms with van der Waals surface area (Å²) in [5.74, 6) is -0.139. The van der Waals surface area contributed by atoms with Gasteiger partial charge in [-0.3, -0.25) is 4.79 Å². The molecule has 0 aliphatic heterocycles. The zero-order chi connectivity index (χ0) is 14.5. The lowest BCUT2D eigenvalue weighted by Crippen LogP contribution is -2.36. The Morgan fingerprint density at radius 2 is 2.25 bits per heavy atom. The van der Waals surface area contributed by atoms with E-state index >= 15 is 0 Å². The van der Waals surface area contributed by atoms with Crippen molar-refractivity contribution in [2.24, 2.45) is 5.92 Å². The molecular weight excluding hydrogens is 274 g/mol. The van der Waals surface area contributed by atoms with E-state index in [0.717, 1.165) is 4.88 Å². The maximum atomic E-state index is 11.6. The third-order valence-corrected chi connectivity index (χ3v) is 4.17. The van der Waals surface area contributed by atoms with Crippen molar-refractivity contribution in [3.8, 4) is 0 Å². The minimum absolute atomic E-state index is 0.172. The highest BCUT2D eigenvalue weighted by molar-refractivity contribution is 7.12. The van der Waals surface area contributed by atoms with E-state index in [0.29, 0.717) is 5.92 Å². The lowest BCUT2D eigenvalue weighted by atomic mass is 10.2. The van der Waals surface area contributed by atoms with Crippen molar-refractivity contribution in [2.75, 3.05) is 6.61 Å². The first-order valence-electron chi connectivity index (χ1n) is 6.75. The molecule has 1 aliphatic rings. The summed E-state index contributed by atoms with van der Waals surface area (Å²) in [6.45, 7) is 3.77. The van der Waals surface area contributed by atoms with Gasteiger partial charge in [-0.2, -0.15) is 0 Å². The molecule has 1 aromatic heterocycles. The molecule has 2 rings (SSSR count). The van der Waals surface area contributed by atoms with Crippen molar-refractivity contribution in [2.45, 2.75) is 32.7 Å². The van der Waals surface area contributed by atoms with Crippen LogP contribution in [0.1, 0.15) is 29.5 Å². The summed E-state index contributed by atoms with van der Waals surface area (Å²) in [5, 5.41) is 2.84. The molecule has 1 fully saturated rings. The lowest BCUT2D eigenvalue weighted by molar-refractivity contribution is -0.144. The zero-order valence-electron chi connectivity index (χ0n) is 11.7. The topological polar surface area (TPSA) is 55.4 Å². The Hall–Kier alpha value is -1.62. The molecule has 0 aromatic carbocycles. The van der Waals surface area contributed by atoms with Gasteiger partial charge in [-0.25, -0.2) is 4.79 Å². The van der Waals surface area contributed by atoms with Crippen molar-refractivity contribution < 1.29 is 14.3 Å². The van der Waals surface area contributed by atoms with Gasteiger partial charge in [-0.1, -0.05) is 0 Å². The molecule has 4 nitrogen and oxygen atoms in total. The Balaban J connectivity index is 1.68. The number of carbonyl (C=O) groups excluding carboxylic acids is 2. The van der Waals surface area contributed by atoms with Crippen molar-refractivity contribution in [1.82, 2.24) is 5.32 Å². The number of ether oxygens (including phenoxy) is 1. The van der Waals surface area contributed by atoms with E-state index in [1.54, 1.807) is 17.4 Å². The number of thiophene rings is 1. The monoisotopic (exact) mass is 293 g/mol. The molecule has 1 heterocycles. The van der Waals surface area contributed by atoms with Crippen molar-refractivity contribution in [1.29, 1.82) is 0 Å². The number of hydrogen-bond donors (Lipinski definition) is 1.